The fourth-order valence-electron chi connectivity index (χ4n) is 4.44. The van der Waals surface area contributed by atoms with Gasteiger partial charge in [-0.15, -0.1) is 22.7 Å². The number of carbonyl (C=O) groups is 3. The Bertz CT molecular complexity index is 1690. The Balaban J connectivity index is 1.42. The first-order chi connectivity index (χ1) is 20.9. The number of ether oxygens (including phenoxy) is 4. The molecule has 2 N–H and O–H groups in total. The quantitative estimate of drug-likeness (QED) is 0.0955. The number of halogens is 2. The fourth-order valence-corrected chi connectivity index (χ4v) is 6.58. The number of rotatable bonds is 16. The molecule has 44 heavy (non-hydrogen) atoms. The molecule has 0 fully saturated rings. The number of carboxylic acid groups (broad SMARTS) is 2. The number of ketones is 1. The van der Waals surface area contributed by atoms with Crippen molar-refractivity contribution in [1.29, 1.82) is 0 Å². The normalized spacial score (nSPS) is 12.7. The van der Waals surface area contributed by atoms with E-state index in [0.29, 0.717) is 27.6 Å². The lowest BCUT2D eigenvalue weighted by Crippen LogP contribution is -2.13. The van der Waals surface area contributed by atoms with Gasteiger partial charge in [0.1, 0.15) is 0 Å². The van der Waals surface area contributed by atoms with Crippen molar-refractivity contribution >= 4 is 60.6 Å². The molecule has 0 aliphatic heterocycles. The predicted molar refractivity (Wildman–Crippen MR) is 163 cm³/mol. The number of Topliss-reactive ketones (excluding diaryl/α,β-unsaturated/α-hetero) is 1. The molecule has 0 bridgehead atoms. The third-order valence-corrected chi connectivity index (χ3v) is 9.34. The minimum Gasteiger partial charge on any atom is -0.493 e. The van der Waals surface area contributed by atoms with Crippen molar-refractivity contribution in [1.82, 2.24) is 0 Å². The van der Waals surface area contributed by atoms with E-state index in [1.54, 1.807) is 25.1 Å². The van der Waals surface area contributed by atoms with Crippen LogP contribution in [0.2, 0.25) is 0 Å². The minimum absolute atomic E-state index is 0.00137. The Morgan fingerprint density at radius 3 is 1.84 bits per heavy atom. The fraction of sp³-hybridized carbons (Fsp3) is 0.387. The Morgan fingerprint density at radius 1 is 0.795 bits per heavy atom. The summed E-state index contributed by atoms with van der Waals surface area (Å²) in [7, 11) is 2.76. The highest BCUT2D eigenvalue weighted by atomic mass is 32.1. The summed E-state index contributed by atoms with van der Waals surface area (Å²) in [5.74, 6) is -4.93. The van der Waals surface area contributed by atoms with E-state index in [9.17, 15) is 14.4 Å². The summed E-state index contributed by atoms with van der Waals surface area (Å²) in [6, 6.07) is 6.31. The van der Waals surface area contributed by atoms with Gasteiger partial charge in [0.15, 0.2) is 40.4 Å². The average molecular weight is 651 g/mol. The van der Waals surface area contributed by atoms with Crippen molar-refractivity contribution in [2.75, 3.05) is 27.4 Å². The molecule has 0 amide bonds. The van der Waals surface area contributed by atoms with Crippen molar-refractivity contribution in [2.45, 2.75) is 39.5 Å². The van der Waals surface area contributed by atoms with Crippen LogP contribution >= 0.6 is 22.7 Å². The maximum atomic E-state index is 15.5. The smallest absolute Gasteiger partial charge is 0.306 e. The van der Waals surface area contributed by atoms with E-state index in [1.165, 1.54) is 38.5 Å². The Hall–Kier alpha value is -3.97. The Kier molecular flexibility index (Phi) is 10.6. The van der Waals surface area contributed by atoms with Crippen LogP contribution in [0.3, 0.4) is 0 Å². The number of benzene rings is 2. The molecule has 4 rings (SSSR count). The number of hydrogen-bond donors (Lipinski definition) is 2. The van der Waals surface area contributed by atoms with Crippen molar-refractivity contribution in [2.24, 2.45) is 11.8 Å². The van der Waals surface area contributed by atoms with Crippen LogP contribution in [0.15, 0.2) is 24.3 Å². The summed E-state index contributed by atoms with van der Waals surface area (Å²) < 4.78 is 54.1. The molecule has 0 spiro atoms. The van der Waals surface area contributed by atoms with Crippen LogP contribution in [-0.2, 0) is 16.0 Å². The molecule has 9 nitrogen and oxygen atoms in total. The van der Waals surface area contributed by atoms with Crippen LogP contribution in [0.1, 0.15) is 47.7 Å². The van der Waals surface area contributed by atoms with Crippen LogP contribution in [0.4, 0.5) is 8.78 Å². The summed E-state index contributed by atoms with van der Waals surface area (Å²) in [6.45, 7) is 3.09. The highest BCUT2D eigenvalue weighted by Gasteiger charge is 2.23. The van der Waals surface area contributed by atoms with Gasteiger partial charge < -0.3 is 29.2 Å². The molecule has 4 aromatic rings. The molecule has 2 aromatic carbocycles. The van der Waals surface area contributed by atoms with E-state index in [-0.39, 0.29) is 59.3 Å². The largest absolute Gasteiger partial charge is 0.493 e. The Morgan fingerprint density at radius 2 is 1.32 bits per heavy atom. The van der Waals surface area contributed by atoms with Crippen LogP contribution in [0, 0.1) is 23.5 Å². The highest BCUT2D eigenvalue weighted by Crippen LogP contribution is 2.42. The third kappa shape index (κ3) is 7.21. The molecule has 0 saturated carbocycles. The van der Waals surface area contributed by atoms with Gasteiger partial charge >= 0.3 is 11.9 Å². The van der Waals surface area contributed by atoms with Gasteiger partial charge in [0.05, 0.1) is 44.1 Å². The lowest BCUT2D eigenvalue weighted by atomic mass is 10.0. The van der Waals surface area contributed by atoms with Crippen LogP contribution in [0.25, 0.3) is 20.2 Å². The molecular formula is C31H32F2O9S2. The number of carbonyl (C=O) groups excluding carboxylic acids is 1. The van der Waals surface area contributed by atoms with Gasteiger partial charge in [-0.2, -0.15) is 0 Å². The first kappa shape index (κ1) is 32.9. The second-order valence-corrected chi connectivity index (χ2v) is 12.5. The monoisotopic (exact) mass is 650 g/mol. The molecule has 0 aliphatic rings. The zero-order chi connectivity index (χ0) is 32.1. The molecule has 0 saturated heterocycles. The number of hydrogen-bond acceptors (Lipinski definition) is 9. The molecule has 2 aromatic heterocycles. The number of carboxylic acids is 2. The second-order valence-electron chi connectivity index (χ2n) is 10.3. The number of thiophene rings is 2. The molecular weight excluding hydrogens is 618 g/mol. The van der Waals surface area contributed by atoms with Crippen LogP contribution < -0.4 is 18.9 Å². The number of aryl methyl sites for hydroxylation is 1. The number of aliphatic carboxylic acids is 2. The van der Waals surface area contributed by atoms with E-state index in [0.717, 1.165) is 16.2 Å². The standard InChI is InChI=1S/C31H32F2O9S2/c1-15(30(35)36)6-7-17-11-18-23(43-17)13-21(39-3)28(26(18)32)41-8-5-9-42-29-22(40-4)14-24-19(27(29)33)12-25(44-24)20(34)10-16(2)31(37)38/h11-16H,5-10H2,1-4H3,(H,35,36)(H,37,38)/t15-,16-/m0/s1. The highest BCUT2D eigenvalue weighted by molar-refractivity contribution is 7.21. The van der Waals surface area contributed by atoms with Crippen molar-refractivity contribution < 1.29 is 52.3 Å². The van der Waals surface area contributed by atoms with Gasteiger partial charge in [-0.05, 0) is 25.0 Å². The summed E-state index contributed by atoms with van der Waals surface area (Å²) in [4.78, 5) is 35.9. The first-order valence-corrected chi connectivity index (χ1v) is 15.4. The molecule has 2 heterocycles. The van der Waals surface area contributed by atoms with Gasteiger partial charge in [0.25, 0.3) is 0 Å². The summed E-state index contributed by atoms with van der Waals surface area (Å²) in [5.41, 5.74) is 0. The molecule has 2 atom stereocenters. The zero-order valence-corrected chi connectivity index (χ0v) is 26.2. The zero-order valence-electron chi connectivity index (χ0n) is 24.5. The lowest BCUT2D eigenvalue weighted by Gasteiger charge is -2.14. The van der Waals surface area contributed by atoms with E-state index >= 15 is 8.78 Å². The summed E-state index contributed by atoms with van der Waals surface area (Å²) in [5, 5.41) is 18.7. The lowest BCUT2D eigenvalue weighted by molar-refractivity contribution is -0.142. The van der Waals surface area contributed by atoms with Gasteiger partial charge in [-0.25, -0.2) is 8.78 Å². The van der Waals surface area contributed by atoms with E-state index < -0.39 is 41.2 Å². The molecule has 236 valence electrons. The molecule has 0 unspecified atom stereocenters. The average Bonchev–Trinajstić information content (AvgIpc) is 3.61. The predicted octanol–water partition coefficient (Wildman–Crippen LogP) is 7.21. The van der Waals surface area contributed by atoms with Gasteiger partial charge in [-0.1, -0.05) is 13.8 Å². The van der Waals surface area contributed by atoms with Crippen molar-refractivity contribution in [3.8, 4) is 23.0 Å². The minimum atomic E-state index is -1.09. The third-order valence-electron chi connectivity index (χ3n) is 7.07. The topological polar surface area (TPSA) is 129 Å². The van der Waals surface area contributed by atoms with Crippen molar-refractivity contribution in [3.63, 3.8) is 0 Å². The van der Waals surface area contributed by atoms with E-state index in [1.807, 2.05) is 0 Å². The van der Waals surface area contributed by atoms with Crippen LogP contribution in [0.5, 0.6) is 23.0 Å². The van der Waals surface area contributed by atoms with E-state index in [4.69, 9.17) is 29.2 Å². The van der Waals surface area contributed by atoms with Gasteiger partial charge in [-0.3, -0.25) is 14.4 Å². The maximum absolute atomic E-state index is 15.5. The first-order valence-electron chi connectivity index (χ1n) is 13.8. The van der Waals surface area contributed by atoms with Gasteiger partial charge in [0.2, 0.25) is 0 Å². The SMILES string of the molecule is COc1cc2sc(CC[C@H](C)C(=O)O)cc2c(F)c1OCCCOc1c(OC)cc2sc(C(=O)C[C@H](C)C(=O)O)cc2c1F. The van der Waals surface area contributed by atoms with E-state index in [2.05, 4.69) is 0 Å². The molecule has 0 radical (unpaired) electrons. The van der Waals surface area contributed by atoms with Crippen LogP contribution in [-0.4, -0.2) is 55.4 Å². The summed E-state index contributed by atoms with van der Waals surface area (Å²) in [6.07, 6.45) is 0.979. The van der Waals surface area contributed by atoms with Crippen molar-refractivity contribution in [3.05, 3.63) is 45.7 Å². The Labute approximate surface area is 259 Å². The molecule has 13 heteroatoms. The molecule has 0 aliphatic carbocycles. The number of fused-ring (bicyclic) bond motifs is 2. The summed E-state index contributed by atoms with van der Waals surface area (Å²) >= 11 is 2.41. The number of methoxy groups -OCH3 is 2. The second kappa shape index (κ2) is 14.2. The maximum Gasteiger partial charge on any atom is 0.306 e. The van der Waals surface area contributed by atoms with Gasteiger partial charge in [0, 0.05) is 50.0 Å².